The Morgan fingerprint density at radius 3 is 2.08 bits per heavy atom. The predicted molar refractivity (Wildman–Crippen MR) is 50.0 cm³/mol. The zero-order chi connectivity index (χ0) is 10.1. The fraction of sp³-hybridized carbons (Fsp3) is 0.125. The maximum atomic E-state index is 10.2. The molecule has 1 aromatic rings. The van der Waals surface area contributed by atoms with Gasteiger partial charge in [0.2, 0.25) is 0 Å². The molecule has 0 saturated carbocycles. The van der Waals surface area contributed by atoms with Crippen molar-refractivity contribution in [1.29, 1.82) is 0 Å². The number of aldehydes is 1. The number of ether oxygens (including phenoxy) is 1. The number of carbonyl (C=O) groups excluding carboxylic acids is 1. The first-order valence-corrected chi connectivity index (χ1v) is 3.59. The molecular weight excluding hydrogens is 171 g/mol. The van der Waals surface area contributed by atoms with Gasteiger partial charge in [-0.2, -0.15) is 0 Å². The minimum atomic E-state index is -0.750. The topological polar surface area (TPSA) is 66.8 Å². The second-order valence-electron chi connectivity index (χ2n) is 2.03. The van der Waals surface area contributed by atoms with Gasteiger partial charge in [-0.05, 0) is 24.3 Å². The lowest BCUT2D eigenvalue weighted by atomic mass is 10.2. The van der Waals surface area contributed by atoms with Crippen molar-refractivity contribution in [3.8, 4) is 5.75 Å². The third-order valence-corrected chi connectivity index (χ3v) is 1.25. The fourth-order valence-corrected chi connectivity index (χ4v) is 0.682. The van der Waals surface area contributed by atoms with Gasteiger partial charge >= 0.3 is 7.69 Å². The quantitative estimate of drug-likeness (QED) is 0.488. The van der Waals surface area contributed by atoms with Crippen LogP contribution >= 0.6 is 0 Å². The number of hydrogen-bond acceptors (Lipinski definition) is 4. The van der Waals surface area contributed by atoms with Crippen molar-refractivity contribution in [2.45, 2.75) is 0 Å². The number of rotatable bonds is 2. The van der Waals surface area contributed by atoms with Gasteiger partial charge in [0.25, 0.3) is 0 Å². The molecule has 0 aromatic heterocycles. The Balaban J connectivity index is 0.000000424. The van der Waals surface area contributed by atoms with Crippen LogP contribution in [0.2, 0.25) is 0 Å². The third kappa shape index (κ3) is 5.00. The van der Waals surface area contributed by atoms with Gasteiger partial charge in [-0.15, -0.1) is 0 Å². The predicted octanol–water partition coefficient (Wildman–Crippen LogP) is -0.255. The lowest BCUT2D eigenvalue weighted by molar-refractivity contribution is 0.112. The van der Waals surface area contributed by atoms with Crippen LogP contribution < -0.4 is 4.74 Å². The third-order valence-electron chi connectivity index (χ3n) is 1.25. The highest BCUT2D eigenvalue weighted by Crippen LogP contribution is 2.09. The van der Waals surface area contributed by atoms with E-state index in [1.54, 1.807) is 31.4 Å². The summed E-state index contributed by atoms with van der Waals surface area (Å²) in [5.74, 6) is 0.769. The molecule has 1 aromatic carbocycles. The lowest BCUT2D eigenvalue weighted by Crippen LogP contribution is -1.82. The van der Waals surface area contributed by atoms with Gasteiger partial charge in [-0.25, -0.2) is 0 Å². The van der Waals surface area contributed by atoms with Crippen molar-refractivity contribution >= 4 is 14.0 Å². The van der Waals surface area contributed by atoms with E-state index in [-0.39, 0.29) is 0 Å². The molecule has 0 saturated heterocycles. The first-order chi connectivity index (χ1) is 6.28. The Labute approximate surface area is 77.1 Å². The van der Waals surface area contributed by atoms with E-state index in [1.807, 2.05) is 0 Å². The van der Waals surface area contributed by atoms with Crippen molar-refractivity contribution in [2.24, 2.45) is 0 Å². The number of hydrogen-bond donors (Lipinski definition) is 2. The molecule has 1 rings (SSSR count). The summed E-state index contributed by atoms with van der Waals surface area (Å²) in [6, 6.07) is 6.94. The molecule has 0 fully saturated rings. The number of benzene rings is 1. The molecule has 0 aliphatic rings. The smallest absolute Gasteiger partial charge is 0.432 e. The van der Waals surface area contributed by atoms with Gasteiger partial charge in [0.1, 0.15) is 12.0 Å². The van der Waals surface area contributed by atoms with E-state index < -0.39 is 7.69 Å². The Bertz CT molecular complexity index is 234. The highest BCUT2D eigenvalue weighted by Gasteiger charge is 1.89. The van der Waals surface area contributed by atoms with Crippen LogP contribution in [0.1, 0.15) is 10.4 Å². The molecule has 0 heterocycles. The van der Waals surface area contributed by atoms with Crippen molar-refractivity contribution < 1.29 is 19.6 Å². The average Bonchev–Trinajstić information content (AvgIpc) is 2.19. The van der Waals surface area contributed by atoms with E-state index in [1.165, 1.54) is 0 Å². The van der Waals surface area contributed by atoms with E-state index in [9.17, 15) is 4.79 Å². The summed E-state index contributed by atoms with van der Waals surface area (Å²) in [5, 5.41) is 14.2. The molecule has 0 spiro atoms. The van der Waals surface area contributed by atoms with Gasteiger partial charge in [0.05, 0.1) is 7.11 Å². The molecule has 0 aliphatic heterocycles. The standard InChI is InChI=1S/C8H8O2.BH3O2/c1-10-8-4-2-7(6-9)3-5-8;2-1-3/h2-6H,1H3;1-3H. The van der Waals surface area contributed by atoms with Crippen molar-refractivity contribution in [2.75, 3.05) is 7.11 Å². The second kappa shape index (κ2) is 7.33. The fourth-order valence-electron chi connectivity index (χ4n) is 0.682. The summed E-state index contributed by atoms with van der Waals surface area (Å²) < 4.78 is 4.90. The van der Waals surface area contributed by atoms with Crippen molar-refractivity contribution in [3.05, 3.63) is 29.8 Å². The summed E-state index contributed by atoms with van der Waals surface area (Å²) in [6.45, 7) is 0. The first kappa shape index (κ1) is 11.7. The van der Waals surface area contributed by atoms with Crippen LogP contribution in [-0.2, 0) is 0 Å². The molecular formula is C8H11BO4. The van der Waals surface area contributed by atoms with Crippen LogP contribution in [0, 0.1) is 0 Å². The second-order valence-corrected chi connectivity index (χ2v) is 2.03. The van der Waals surface area contributed by atoms with E-state index in [0.717, 1.165) is 12.0 Å². The van der Waals surface area contributed by atoms with Crippen LogP contribution in [0.3, 0.4) is 0 Å². The van der Waals surface area contributed by atoms with Crippen molar-refractivity contribution in [1.82, 2.24) is 0 Å². The maximum Gasteiger partial charge on any atom is 0.432 e. The van der Waals surface area contributed by atoms with Crippen LogP contribution in [0.25, 0.3) is 0 Å². The minimum Gasteiger partial charge on any atom is -0.497 e. The number of methoxy groups -OCH3 is 1. The molecule has 4 nitrogen and oxygen atoms in total. The highest BCUT2D eigenvalue weighted by molar-refractivity contribution is 6.13. The average molecular weight is 182 g/mol. The van der Waals surface area contributed by atoms with Crippen molar-refractivity contribution in [3.63, 3.8) is 0 Å². The summed E-state index contributed by atoms with van der Waals surface area (Å²) in [4.78, 5) is 10.2. The Morgan fingerprint density at radius 1 is 1.31 bits per heavy atom. The van der Waals surface area contributed by atoms with Crippen LogP contribution in [0.5, 0.6) is 5.75 Å². The molecule has 13 heavy (non-hydrogen) atoms. The van der Waals surface area contributed by atoms with Gasteiger partial charge in [-0.1, -0.05) is 0 Å². The largest absolute Gasteiger partial charge is 0.497 e. The molecule has 0 aliphatic carbocycles. The molecule has 0 unspecified atom stereocenters. The Hall–Kier alpha value is -1.33. The molecule has 5 heteroatoms. The Morgan fingerprint density at radius 2 is 1.77 bits per heavy atom. The summed E-state index contributed by atoms with van der Waals surface area (Å²) in [6.07, 6.45) is 0.805. The number of carbonyl (C=O) groups is 1. The van der Waals surface area contributed by atoms with Gasteiger partial charge in [0.15, 0.2) is 0 Å². The van der Waals surface area contributed by atoms with Crippen LogP contribution in [-0.4, -0.2) is 31.1 Å². The normalized spacial score (nSPS) is 7.92. The summed E-state index contributed by atoms with van der Waals surface area (Å²) in [7, 11) is 0.843. The van der Waals surface area contributed by atoms with Gasteiger partial charge < -0.3 is 14.8 Å². The SMILES string of the molecule is COc1ccc(C=O)cc1.OBO. The van der Waals surface area contributed by atoms with Gasteiger partial charge in [-0.3, -0.25) is 4.79 Å². The van der Waals surface area contributed by atoms with E-state index in [0.29, 0.717) is 5.56 Å². The lowest BCUT2D eigenvalue weighted by Gasteiger charge is -1.96. The molecule has 0 amide bonds. The monoisotopic (exact) mass is 182 g/mol. The summed E-state index contributed by atoms with van der Waals surface area (Å²) >= 11 is 0. The Kier molecular flexibility index (Phi) is 6.58. The van der Waals surface area contributed by atoms with E-state index >= 15 is 0 Å². The first-order valence-electron chi connectivity index (χ1n) is 3.59. The van der Waals surface area contributed by atoms with Crippen LogP contribution in [0.15, 0.2) is 24.3 Å². The molecule has 0 radical (unpaired) electrons. The molecule has 2 N–H and O–H groups in total. The zero-order valence-electron chi connectivity index (χ0n) is 7.30. The van der Waals surface area contributed by atoms with E-state index in [2.05, 4.69) is 0 Å². The molecule has 0 atom stereocenters. The van der Waals surface area contributed by atoms with Crippen LogP contribution in [0.4, 0.5) is 0 Å². The zero-order valence-corrected chi connectivity index (χ0v) is 7.30. The van der Waals surface area contributed by atoms with E-state index in [4.69, 9.17) is 14.8 Å². The minimum absolute atomic E-state index is 0.667. The summed E-state index contributed by atoms with van der Waals surface area (Å²) in [5.41, 5.74) is 0.667. The highest BCUT2D eigenvalue weighted by atomic mass is 16.5. The van der Waals surface area contributed by atoms with Gasteiger partial charge in [0, 0.05) is 5.56 Å². The molecule has 0 bridgehead atoms. The molecule has 70 valence electrons. The maximum absolute atomic E-state index is 10.2.